The van der Waals surface area contributed by atoms with Gasteiger partial charge in [0.1, 0.15) is 28.8 Å². The summed E-state index contributed by atoms with van der Waals surface area (Å²) in [6.45, 7) is 3.11. The Morgan fingerprint density at radius 3 is 1.50 bits per heavy atom. The van der Waals surface area contributed by atoms with Crippen LogP contribution in [0.2, 0.25) is 0 Å². The number of carbonyl (C=O) groups is 2. The average Bonchev–Trinajstić information content (AvgIpc) is 2.49. The first-order valence-electron chi connectivity index (χ1n) is 7.24. The van der Waals surface area contributed by atoms with Crippen LogP contribution in [0.25, 0.3) is 0 Å². The summed E-state index contributed by atoms with van der Waals surface area (Å²) in [7, 11) is 4.71. The topological polar surface area (TPSA) is 61.8 Å². The summed E-state index contributed by atoms with van der Waals surface area (Å²) < 4.78 is 16.4. The quantitative estimate of drug-likeness (QED) is 0.702. The van der Waals surface area contributed by atoms with Gasteiger partial charge in [0.25, 0.3) is 0 Å². The Bertz CT molecular complexity index is 504. The van der Waals surface area contributed by atoms with Crippen molar-refractivity contribution in [1.82, 2.24) is 0 Å². The molecule has 1 aromatic rings. The van der Waals surface area contributed by atoms with E-state index in [0.29, 0.717) is 42.9 Å². The SMILES string of the molecule is COc1cc(OC)c(CCC(C)=O)c(OC)c1CCC(C)=O. The number of ether oxygens (including phenoxy) is 3. The summed E-state index contributed by atoms with van der Waals surface area (Å²) in [6, 6.07) is 1.79. The summed E-state index contributed by atoms with van der Waals surface area (Å²) in [4.78, 5) is 22.6. The minimum atomic E-state index is 0.102. The fraction of sp³-hybridized carbons (Fsp3) is 0.529. The second kappa shape index (κ2) is 8.41. The van der Waals surface area contributed by atoms with Gasteiger partial charge in [0.2, 0.25) is 0 Å². The largest absolute Gasteiger partial charge is 0.496 e. The van der Waals surface area contributed by atoms with Gasteiger partial charge in [-0.3, -0.25) is 0 Å². The molecule has 5 heteroatoms. The van der Waals surface area contributed by atoms with E-state index in [4.69, 9.17) is 14.2 Å². The van der Waals surface area contributed by atoms with Crippen molar-refractivity contribution in [3.05, 3.63) is 17.2 Å². The molecule has 0 heterocycles. The van der Waals surface area contributed by atoms with Crippen LogP contribution in [-0.4, -0.2) is 32.9 Å². The van der Waals surface area contributed by atoms with Crippen molar-refractivity contribution >= 4 is 11.6 Å². The van der Waals surface area contributed by atoms with Crippen LogP contribution >= 0.6 is 0 Å². The highest BCUT2D eigenvalue weighted by Crippen LogP contribution is 2.40. The van der Waals surface area contributed by atoms with Crippen LogP contribution < -0.4 is 14.2 Å². The molecule has 0 atom stereocenters. The molecule has 22 heavy (non-hydrogen) atoms. The van der Waals surface area contributed by atoms with Crippen LogP contribution in [0.15, 0.2) is 6.07 Å². The molecule has 0 saturated carbocycles. The normalized spacial score (nSPS) is 10.2. The first-order valence-corrected chi connectivity index (χ1v) is 7.24. The smallest absolute Gasteiger partial charge is 0.132 e. The maximum atomic E-state index is 11.3. The van der Waals surface area contributed by atoms with E-state index >= 15 is 0 Å². The van der Waals surface area contributed by atoms with E-state index in [2.05, 4.69) is 0 Å². The molecular weight excluding hydrogens is 284 g/mol. The van der Waals surface area contributed by atoms with Gasteiger partial charge in [-0.1, -0.05) is 0 Å². The zero-order valence-corrected chi connectivity index (χ0v) is 13.9. The van der Waals surface area contributed by atoms with Gasteiger partial charge in [-0.25, -0.2) is 0 Å². The van der Waals surface area contributed by atoms with Gasteiger partial charge in [-0.2, -0.15) is 0 Å². The summed E-state index contributed by atoms with van der Waals surface area (Å²) in [5.74, 6) is 2.09. The highest BCUT2D eigenvalue weighted by molar-refractivity contribution is 5.77. The van der Waals surface area contributed by atoms with Crippen molar-refractivity contribution in [2.24, 2.45) is 0 Å². The Kier molecular flexibility index (Phi) is 6.89. The highest BCUT2D eigenvalue weighted by atomic mass is 16.5. The molecule has 0 aliphatic heterocycles. The standard InChI is InChI=1S/C17H24O5/c1-11(18)6-8-13-15(20-3)10-16(21-4)14(17(13)22-5)9-7-12(2)19/h10H,6-9H2,1-5H3. The molecule has 0 N–H and O–H groups in total. The van der Waals surface area contributed by atoms with E-state index in [1.54, 1.807) is 41.2 Å². The summed E-state index contributed by atoms with van der Waals surface area (Å²) >= 11 is 0. The number of carbonyl (C=O) groups excluding carboxylic acids is 2. The van der Waals surface area contributed by atoms with Crippen molar-refractivity contribution < 1.29 is 23.8 Å². The first kappa shape index (κ1) is 18.0. The van der Waals surface area contributed by atoms with Crippen LogP contribution in [0.5, 0.6) is 17.2 Å². The fourth-order valence-electron chi connectivity index (χ4n) is 2.39. The first-order chi connectivity index (χ1) is 10.4. The molecule has 0 aliphatic rings. The van der Waals surface area contributed by atoms with Gasteiger partial charge in [0, 0.05) is 30.0 Å². The zero-order valence-electron chi connectivity index (χ0n) is 13.9. The van der Waals surface area contributed by atoms with Crippen molar-refractivity contribution in [3.8, 4) is 17.2 Å². The van der Waals surface area contributed by atoms with Crippen LogP contribution in [0.1, 0.15) is 37.8 Å². The van der Waals surface area contributed by atoms with Gasteiger partial charge >= 0.3 is 0 Å². The molecule has 5 nitrogen and oxygen atoms in total. The summed E-state index contributed by atoms with van der Waals surface area (Å²) in [5.41, 5.74) is 1.67. The second-order valence-corrected chi connectivity index (χ2v) is 5.18. The molecule has 0 amide bonds. The Labute approximate surface area is 131 Å². The lowest BCUT2D eigenvalue weighted by Gasteiger charge is -2.19. The molecular formula is C17H24O5. The van der Waals surface area contributed by atoms with Crippen molar-refractivity contribution in [2.45, 2.75) is 39.5 Å². The van der Waals surface area contributed by atoms with E-state index < -0.39 is 0 Å². The Morgan fingerprint density at radius 2 is 1.23 bits per heavy atom. The molecule has 0 radical (unpaired) electrons. The lowest BCUT2D eigenvalue weighted by atomic mass is 9.97. The minimum absolute atomic E-state index is 0.102. The molecule has 0 saturated heterocycles. The Hall–Kier alpha value is -2.04. The van der Waals surface area contributed by atoms with E-state index in [1.807, 2.05) is 0 Å². The molecule has 122 valence electrons. The number of benzene rings is 1. The van der Waals surface area contributed by atoms with Crippen molar-refractivity contribution in [3.63, 3.8) is 0 Å². The maximum Gasteiger partial charge on any atom is 0.132 e. The average molecular weight is 308 g/mol. The van der Waals surface area contributed by atoms with Crippen molar-refractivity contribution in [1.29, 1.82) is 0 Å². The maximum absolute atomic E-state index is 11.3. The molecule has 0 bridgehead atoms. The van der Waals surface area contributed by atoms with Gasteiger partial charge in [0.15, 0.2) is 0 Å². The Morgan fingerprint density at radius 1 is 0.818 bits per heavy atom. The summed E-state index contributed by atoms with van der Waals surface area (Å²) in [5, 5.41) is 0. The molecule has 1 aromatic carbocycles. The van der Waals surface area contributed by atoms with E-state index in [1.165, 1.54) is 0 Å². The third-order valence-electron chi connectivity index (χ3n) is 3.50. The second-order valence-electron chi connectivity index (χ2n) is 5.18. The third-order valence-corrected chi connectivity index (χ3v) is 3.50. The number of methoxy groups -OCH3 is 3. The zero-order chi connectivity index (χ0) is 16.7. The number of rotatable bonds is 9. The van der Waals surface area contributed by atoms with Crippen LogP contribution in [0.4, 0.5) is 0 Å². The fourth-order valence-corrected chi connectivity index (χ4v) is 2.39. The lowest BCUT2D eigenvalue weighted by Crippen LogP contribution is -2.06. The third kappa shape index (κ3) is 4.48. The monoisotopic (exact) mass is 308 g/mol. The number of Topliss-reactive ketones (excluding diaryl/α,β-unsaturated/α-hetero) is 2. The Balaban J connectivity index is 3.35. The molecule has 0 aromatic heterocycles. The number of hydrogen-bond donors (Lipinski definition) is 0. The molecule has 0 spiro atoms. The lowest BCUT2D eigenvalue weighted by molar-refractivity contribution is -0.117. The molecule has 0 aliphatic carbocycles. The molecule has 1 rings (SSSR count). The van der Waals surface area contributed by atoms with E-state index in [0.717, 1.165) is 11.1 Å². The van der Waals surface area contributed by atoms with Gasteiger partial charge in [0.05, 0.1) is 21.3 Å². The van der Waals surface area contributed by atoms with E-state index in [9.17, 15) is 9.59 Å². The van der Waals surface area contributed by atoms with Gasteiger partial charge in [-0.15, -0.1) is 0 Å². The number of ketones is 2. The predicted octanol–water partition coefficient (Wildman–Crippen LogP) is 2.76. The van der Waals surface area contributed by atoms with Crippen LogP contribution in [0.3, 0.4) is 0 Å². The van der Waals surface area contributed by atoms with Gasteiger partial charge < -0.3 is 23.8 Å². The van der Waals surface area contributed by atoms with Crippen LogP contribution in [0, 0.1) is 0 Å². The van der Waals surface area contributed by atoms with Gasteiger partial charge in [-0.05, 0) is 26.7 Å². The molecule has 0 unspecified atom stereocenters. The van der Waals surface area contributed by atoms with Crippen LogP contribution in [-0.2, 0) is 22.4 Å². The predicted molar refractivity (Wildman–Crippen MR) is 84.1 cm³/mol. The van der Waals surface area contributed by atoms with Crippen molar-refractivity contribution in [2.75, 3.05) is 21.3 Å². The minimum Gasteiger partial charge on any atom is -0.496 e. The highest BCUT2D eigenvalue weighted by Gasteiger charge is 2.20. The summed E-state index contributed by atoms with van der Waals surface area (Å²) in [6.07, 6.45) is 1.87. The number of hydrogen-bond acceptors (Lipinski definition) is 5. The van der Waals surface area contributed by atoms with E-state index in [-0.39, 0.29) is 11.6 Å². The molecule has 0 fully saturated rings.